The number of aryl methyl sites for hydroxylation is 3. The van der Waals surface area contributed by atoms with Gasteiger partial charge in [0.1, 0.15) is 5.82 Å². The lowest BCUT2D eigenvalue weighted by Gasteiger charge is -2.13. The third kappa shape index (κ3) is 3.64. The van der Waals surface area contributed by atoms with E-state index in [4.69, 9.17) is 0 Å². The number of pyridine rings is 1. The summed E-state index contributed by atoms with van der Waals surface area (Å²) in [6.45, 7) is 7.98. The molecule has 6 nitrogen and oxygen atoms in total. The molecule has 0 saturated heterocycles. The first kappa shape index (κ1) is 17.8. The van der Waals surface area contributed by atoms with Crippen molar-refractivity contribution in [2.45, 2.75) is 34.1 Å². The van der Waals surface area contributed by atoms with Crippen molar-refractivity contribution in [3.63, 3.8) is 0 Å². The van der Waals surface area contributed by atoms with Crippen molar-refractivity contribution in [3.05, 3.63) is 68.5 Å². The van der Waals surface area contributed by atoms with E-state index >= 15 is 0 Å². The number of hydrogen-bond acceptors (Lipinski definition) is 4. The summed E-state index contributed by atoms with van der Waals surface area (Å²) in [6, 6.07) is 7.36. The number of nitrogens with zero attached hydrogens (tertiary/aromatic N) is 2. The molecule has 26 heavy (non-hydrogen) atoms. The van der Waals surface area contributed by atoms with E-state index in [1.54, 1.807) is 6.92 Å². The van der Waals surface area contributed by atoms with Crippen LogP contribution < -0.4 is 10.9 Å². The number of H-pyrrole nitrogens is 1. The number of fused-ring (bicyclic) bond motifs is 1. The van der Waals surface area contributed by atoms with Gasteiger partial charge in [0.2, 0.25) is 0 Å². The quantitative estimate of drug-likeness (QED) is 0.757. The van der Waals surface area contributed by atoms with Crippen LogP contribution in [0.5, 0.6) is 0 Å². The van der Waals surface area contributed by atoms with Crippen LogP contribution in [0, 0.1) is 27.7 Å². The van der Waals surface area contributed by atoms with Crippen LogP contribution in [0.2, 0.25) is 0 Å². The van der Waals surface area contributed by atoms with Crippen molar-refractivity contribution < 1.29 is 4.79 Å². The standard InChI is InChI=1S/C20H22N4O2/c1-11-5-6-16-15(9-11)19(13(3)14(4)23-16)20(26)21-8-7-17-22-12(2)10-18(25)24-17/h5-6,9-10H,7-8H2,1-4H3,(H,21,26)(H,22,24,25). The summed E-state index contributed by atoms with van der Waals surface area (Å²) in [7, 11) is 0. The van der Waals surface area contributed by atoms with E-state index in [1.807, 2.05) is 39.0 Å². The molecule has 0 radical (unpaired) electrons. The minimum atomic E-state index is -0.180. The Hall–Kier alpha value is -3.02. The molecule has 0 unspecified atom stereocenters. The van der Waals surface area contributed by atoms with E-state index in [2.05, 4.69) is 20.3 Å². The van der Waals surface area contributed by atoms with Gasteiger partial charge in [-0.15, -0.1) is 0 Å². The molecule has 0 spiro atoms. The van der Waals surface area contributed by atoms with E-state index in [0.29, 0.717) is 30.0 Å². The number of benzene rings is 1. The lowest BCUT2D eigenvalue weighted by atomic mass is 9.99. The molecular formula is C20H22N4O2. The second-order valence-corrected chi connectivity index (χ2v) is 6.56. The maximum absolute atomic E-state index is 12.8. The van der Waals surface area contributed by atoms with Crippen molar-refractivity contribution in [3.8, 4) is 0 Å². The fraction of sp³-hybridized carbons (Fsp3) is 0.300. The second-order valence-electron chi connectivity index (χ2n) is 6.56. The van der Waals surface area contributed by atoms with E-state index < -0.39 is 0 Å². The van der Waals surface area contributed by atoms with Crippen LogP contribution >= 0.6 is 0 Å². The molecule has 2 N–H and O–H groups in total. The molecular weight excluding hydrogens is 328 g/mol. The Bertz CT molecular complexity index is 1050. The van der Waals surface area contributed by atoms with Crippen LogP contribution in [0.1, 0.15) is 38.7 Å². The van der Waals surface area contributed by atoms with Gasteiger partial charge in [-0.1, -0.05) is 11.6 Å². The molecule has 0 aliphatic rings. The molecule has 0 bridgehead atoms. The summed E-state index contributed by atoms with van der Waals surface area (Å²) in [5.41, 5.74) is 4.76. The van der Waals surface area contributed by atoms with Gasteiger partial charge in [0.05, 0.1) is 11.1 Å². The number of carbonyl (C=O) groups is 1. The Balaban J connectivity index is 1.84. The van der Waals surface area contributed by atoms with Gasteiger partial charge in [-0.3, -0.25) is 14.6 Å². The molecule has 0 fully saturated rings. The minimum absolute atomic E-state index is 0.140. The first-order valence-corrected chi connectivity index (χ1v) is 8.58. The highest BCUT2D eigenvalue weighted by Gasteiger charge is 2.16. The largest absolute Gasteiger partial charge is 0.352 e. The number of amides is 1. The molecule has 3 aromatic rings. The summed E-state index contributed by atoms with van der Waals surface area (Å²) < 4.78 is 0. The Morgan fingerprint density at radius 1 is 1.12 bits per heavy atom. The zero-order valence-corrected chi connectivity index (χ0v) is 15.4. The van der Waals surface area contributed by atoms with E-state index in [0.717, 1.165) is 27.7 Å². The highest BCUT2D eigenvalue weighted by atomic mass is 16.1. The molecule has 2 heterocycles. The van der Waals surface area contributed by atoms with Crippen LogP contribution in [-0.2, 0) is 6.42 Å². The third-order valence-electron chi connectivity index (χ3n) is 4.42. The summed E-state index contributed by atoms with van der Waals surface area (Å²) in [5, 5.41) is 3.79. The smallest absolute Gasteiger partial charge is 0.252 e. The highest BCUT2D eigenvalue weighted by molar-refractivity contribution is 6.07. The lowest BCUT2D eigenvalue weighted by Crippen LogP contribution is -2.28. The zero-order chi connectivity index (χ0) is 18.8. The van der Waals surface area contributed by atoms with Gasteiger partial charge >= 0.3 is 0 Å². The number of rotatable bonds is 4. The van der Waals surface area contributed by atoms with Gasteiger partial charge in [-0.2, -0.15) is 0 Å². The highest BCUT2D eigenvalue weighted by Crippen LogP contribution is 2.24. The van der Waals surface area contributed by atoms with Gasteiger partial charge in [-0.25, -0.2) is 4.98 Å². The van der Waals surface area contributed by atoms with Crippen LogP contribution in [-0.4, -0.2) is 27.4 Å². The van der Waals surface area contributed by atoms with E-state index in [1.165, 1.54) is 6.07 Å². The average Bonchev–Trinajstić information content (AvgIpc) is 2.55. The molecule has 0 aliphatic carbocycles. The molecule has 1 amide bonds. The van der Waals surface area contributed by atoms with Crippen LogP contribution in [0.15, 0.2) is 29.1 Å². The van der Waals surface area contributed by atoms with Gasteiger partial charge in [-0.05, 0) is 45.4 Å². The molecule has 2 aromatic heterocycles. The monoisotopic (exact) mass is 350 g/mol. The van der Waals surface area contributed by atoms with Crippen LogP contribution in [0.4, 0.5) is 0 Å². The number of nitrogens with one attached hydrogen (secondary N) is 2. The predicted molar refractivity (Wildman–Crippen MR) is 102 cm³/mol. The fourth-order valence-corrected chi connectivity index (χ4v) is 3.03. The SMILES string of the molecule is Cc1ccc2nc(C)c(C)c(C(=O)NCCc3nc(C)cc(=O)[nH]3)c2c1. The molecule has 0 atom stereocenters. The summed E-state index contributed by atoms with van der Waals surface area (Å²) in [5.74, 6) is 0.428. The average molecular weight is 350 g/mol. The van der Waals surface area contributed by atoms with E-state index in [-0.39, 0.29) is 11.5 Å². The molecule has 1 aromatic carbocycles. The first-order valence-electron chi connectivity index (χ1n) is 8.58. The van der Waals surface area contributed by atoms with Crippen molar-refractivity contribution in [2.75, 3.05) is 6.54 Å². The van der Waals surface area contributed by atoms with Crippen LogP contribution in [0.25, 0.3) is 10.9 Å². The second kappa shape index (κ2) is 7.07. The molecule has 3 rings (SSSR count). The molecule has 134 valence electrons. The predicted octanol–water partition coefficient (Wildman–Crippen LogP) is 2.52. The first-order chi connectivity index (χ1) is 12.3. The van der Waals surface area contributed by atoms with Gasteiger partial charge in [0, 0.05) is 35.8 Å². The number of hydrogen-bond donors (Lipinski definition) is 2. The van der Waals surface area contributed by atoms with Gasteiger partial charge in [0.15, 0.2) is 0 Å². The third-order valence-corrected chi connectivity index (χ3v) is 4.42. The van der Waals surface area contributed by atoms with Crippen LogP contribution in [0.3, 0.4) is 0 Å². The Morgan fingerprint density at radius 2 is 1.88 bits per heavy atom. The maximum atomic E-state index is 12.8. The Kier molecular flexibility index (Phi) is 4.84. The topological polar surface area (TPSA) is 87.7 Å². The normalized spacial score (nSPS) is 10.9. The van der Waals surface area contributed by atoms with E-state index in [9.17, 15) is 9.59 Å². The van der Waals surface area contributed by atoms with Crippen molar-refractivity contribution >= 4 is 16.8 Å². The van der Waals surface area contributed by atoms with Crippen molar-refractivity contribution in [2.24, 2.45) is 0 Å². The van der Waals surface area contributed by atoms with Gasteiger partial charge in [0.25, 0.3) is 11.5 Å². The molecule has 6 heteroatoms. The molecule has 0 aliphatic heterocycles. The maximum Gasteiger partial charge on any atom is 0.252 e. The zero-order valence-electron chi connectivity index (χ0n) is 15.4. The Morgan fingerprint density at radius 3 is 2.62 bits per heavy atom. The lowest BCUT2D eigenvalue weighted by molar-refractivity contribution is 0.0955. The number of aromatic amines is 1. The number of aromatic nitrogens is 3. The minimum Gasteiger partial charge on any atom is -0.352 e. The fourth-order valence-electron chi connectivity index (χ4n) is 3.03. The van der Waals surface area contributed by atoms with Crippen molar-refractivity contribution in [1.82, 2.24) is 20.3 Å². The summed E-state index contributed by atoms with van der Waals surface area (Å²) in [4.78, 5) is 35.9. The summed E-state index contributed by atoms with van der Waals surface area (Å²) >= 11 is 0. The Labute approximate surface area is 151 Å². The number of carbonyl (C=O) groups excluding carboxylic acids is 1. The summed E-state index contributed by atoms with van der Waals surface area (Å²) in [6.07, 6.45) is 0.461. The van der Waals surface area contributed by atoms with Gasteiger partial charge < -0.3 is 10.3 Å². The van der Waals surface area contributed by atoms with Crippen molar-refractivity contribution in [1.29, 1.82) is 0 Å². The molecule has 0 saturated carbocycles.